The van der Waals surface area contributed by atoms with Crippen LogP contribution in [0.1, 0.15) is 12.5 Å². The van der Waals surface area contributed by atoms with Crippen LogP contribution in [0, 0.1) is 0 Å². The zero-order chi connectivity index (χ0) is 15.4. The molecule has 0 amide bonds. The van der Waals surface area contributed by atoms with E-state index in [-0.39, 0.29) is 12.8 Å². The lowest BCUT2D eigenvalue weighted by molar-refractivity contribution is -0.137. The van der Waals surface area contributed by atoms with Crippen molar-refractivity contribution >= 4 is 12.0 Å². The van der Waals surface area contributed by atoms with E-state index in [1.54, 1.807) is 13.0 Å². The van der Waals surface area contributed by atoms with E-state index in [0.717, 1.165) is 16.7 Å². The summed E-state index contributed by atoms with van der Waals surface area (Å²) in [5.74, 6) is 1.04. The maximum Gasteiger partial charge on any atom is 0.330 e. The maximum absolute atomic E-state index is 11.5. The number of carbonyl (C=O) groups excluding carboxylic acids is 1. The van der Waals surface area contributed by atoms with E-state index in [4.69, 9.17) is 14.2 Å². The van der Waals surface area contributed by atoms with E-state index in [2.05, 4.69) is 0 Å². The molecule has 0 aromatic heterocycles. The number of carbonyl (C=O) groups is 1. The summed E-state index contributed by atoms with van der Waals surface area (Å²) in [6, 6.07) is 13.7. The fourth-order valence-electron chi connectivity index (χ4n) is 2.31. The highest BCUT2D eigenvalue weighted by atomic mass is 16.7. The van der Waals surface area contributed by atoms with Crippen LogP contribution < -0.4 is 9.47 Å². The zero-order valence-electron chi connectivity index (χ0n) is 12.2. The smallest absolute Gasteiger partial charge is 0.330 e. The molecule has 22 heavy (non-hydrogen) atoms. The van der Waals surface area contributed by atoms with Crippen LogP contribution >= 0.6 is 0 Å². The van der Waals surface area contributed by atoms with Gasteiger partial charge in [0.25, 0.3) is 0 Å². The predicted octanol–water partition coefficient (Wildman–Crippen LogP) is 3.66. The van der Waals surface area contributed by atoms with Crippen molar-refractivity contribution in [3.8, 4) is 22.6 Å². The number of ether oxygens (including phenoxy) is 3. The highest BCUT2D eigenvalue weighted by molar-refractivity contribution is 5.90. The molecule has 2 aromatic rings. The van der Waals surface area contributed by atoms with Crippen molar-refractivity contribution < 1.29 is 19.0 Å². The predicted molar refractivity (Wildman–Crippen MR) is 83.7 cm³/mol. The summed E-state index contributed by atoms with van der Waals surface area (Å²) in [5, 5.41) is 0. The monoisotopic (exact) mass is 296 g/mol. The van der Waals surface area contributed by atoms with Crippen molar-refractivity contribution in [1.82, 2.24) is 0 Å². The molecule has 3 rings (SSSR count). The van der Waals surface area contributed by atoms with Crippen LogP contribution in [0.4, 0.5) is 0 Å². The molecule has 1 heterocycles. The fraction of sp³-hybridized carbons (Fsp3) is 0.167. The van der Waals surface area contributed by atoms with E-state index in [1.807, 2.05) is 42.5 Å². The molecule has 2 aromatic carbocycles. The third kappa shape index (κ3) is 2.96. The number of fused-ring (bicyclic) bond motifs is 1. The van der Waals surface area contributed by atoms with E-state index in [9.17, 15) is 4.79 Å². The topological polar surface area (TPSA) is 44.8 Å². The summed E-state index contributed by atoms with van der Waals surface area (Å²) in [4.78, 5) is 11.5. The summed E-state index contributed by atoms with van der Waals surface area (Å²) in [6.45, 7) is 2.35. The molecular formula is C18H16O4. The van der Waals surface area contributed by atoms with Crippen molar-refractivity contribution in [2.45, 2.75) is 6.92 Å². The van der Waals surface area contributed by atoms with Gasteiger partial charge in [-0.2, -0.15) is 0 Å². The first-order chi connectivity index (χ1) is 10.8. The van der Waals surface area contributed by atoms with Gasteiger partial charge in [-0.05, 0) is 41.8 Å². The molecule has 0 bridgehead atoms. The van der Waals surface area contributed by atoms with Crippen LogP contribution in [0.25, 0.3) is 17.2 Å². The first kappa shape index (κ1) is 14.2. The van der Waals surface area contributed by atoms with Crippen molar-refractivity contribution in [3.05, 3.63) is 54.1 Å². The first-order valence-corrected chi connectivity index (χ1v) is 7.12. The Hall–Kier alpha value is -2.75. The Morgan fingerprint density at radius 2 is 1.91 bits per heavy atom. The van der Waals surface area contributed by atoms with Crippen LogP contribution in [0.2, 0.25) is 0 Å². The van der Waals surface area contributed by atoms with Gasteiger partial charge in [0.2, 0.25) is 6.79 Å². The number of benzene rings is 2. The lowest BCUT2D eigenvalue weighted by Crippen LogP contribution is -1.98. The molecule has 0 unspecified atom stereocenters. The summed E-state index contributed by atoms with van der Waals surface area (Å²) in [6.07, 6.45) is 3.16. The van der Waals surface area contributed by atoms with Gasteiger partial charge < -0.3 is 14.2 Å². The molecule has 0 spiro atoms. The molecule has 0 fully saturated rings. The standard InChI is InChI=1S/C18H16O4/c1-2-20-18(19)9-8-14-10-16-17(22-12-21-16)11-15(14)13-6-4-3-5-7-13/h3-11H,2,12H2,1H3/b9-8+. The molecule has 0 saturated heterocycles. The van der Waals surface area contributed by atoms with E-state index in [1.165, 1.54) is 6.08 Å². The van der Waals surface area contributed by atoms with Crippen LogP contribution in [0.5, 0.6) is 11.5 Å². The Morgan fingerprint density at radius 3 is 2.64 bits per heavy atom. The molecule has 0 atom stereocenters. The van der Waals surface area contributed by atoms with Gasteiger partial charge >= 0.3 is 5.97 Å². The van der Waals surface area contributed by atoms with Gasteiger partial charge in [-0.15, -0.1) is 0 Å². The second kappa shape index (κ2) is 6.35. The number of hydrogen-bond acceptors (Lipinski definition) is 4. The van der Waals surface area contributed by atoms with Gasteiger partial charge in [-0.1, -0.05) is 30.3 Å². The molecule has 0 N–H and O–H groups in total. The van der Waals surface area contributed by atoms with Gasteiger partial charge in [-0.3, -0.25) is 0 Å². The molecule has 4 nitrogen and oxygen atoms in total. The minimum atomic E-state index is -0.362. The zero-order valence-corrected chi connectivity index (χ0v) is 12.2. The fourth-order valence-corrected chi connectivity index (χ4v) is 2.31. The lowest BCUT2D eigenvalue weighted by atomic mass is 9.98. The Bertz CT molecular complexity index is 705. The average Bonchev–Trinajstić information content (AvgIpc) is 3.00. The Morgan fingerprint density at radius 1 is 1.18 bits per heavy atom. The van der Waals surface area contributed by atoms with Crippen LogP contribution in [0.15, 0.2) is 48.5 Å². The van der Waals surface area contributed by atoms with Gasteiger partial charge in [0.15, 0.2) is 11.5 Å². The highest BCUT2D eigenvalue weighted by Crippen LogP contribution is 2.39. The summed E-state index contributed by atoms with van der Waals surface area (Å²) in [5.41, 5.74) is 2.90. The van der Waals surface area contributed by atoms with E-state index >= 15 is 0 Å². The van der Waals surface area contributed by atoms with Gasteiger partial charge in [0.05, 0.1) is 6.61 Å². The second-order valence-electron chi connectivity index (χ2n) is 4.74. The van der Waals surface area contributed by atoms with Crippen LogP contribution in [-0.4, -0.2) is 19.4 Å². The molecule has 1 aliphatic heterocycles. The minimum Gasteiger partial charge on any atom is -0.463 e. The highest BCUT2D eigenvalue weighted by Gasteiger charge is 2.17. The Kier molecular flexibility index (Phi) is 4.10. The summed E-state index contributed by atoms with van der Waals surface area (Å²) in [7, 11) is 0. The normalized spacial score (nSPS) is 12.6. The summed E-state index contributed by atoms with van der Waals surface area (Å²) >= 11 is 0. The van der Waals surface area contributed by atoms with Crippen LogP contribution in [-0.2, 0) is 9.53 Å². The largest absolute Gasteiger partial charge is 0.463 e. The quantitative estimate of drug-likeness (QED) is 0.638. The molecule has 4 heteroatoms. The van der Waals surface area contributed by atoms with Crippen molar-refractivity contribution in [3.63, 3.8) is 0 Å². The van der Waals surface area contributed by atoms with E-state index in [0.29, 0.717) is 18.1 Å². The molecule has 0 aliphatic carbocycles. The third-order valence-corrected chi connectivity index (χ3v) is 3.32. The third-order valence-electron chi connectivity index (χ3n) is 3.32. The van der Waals surface area contributed by atoms with Gasteiger partial charge in [-0.25, -0.2) is 4.79 Å². The van der Waals surface area contributed by atoms with E-state index < -0.39 is 0 Å². The Balaban J connectivity index is 2.02. The second-order valence-corrected chi connectivity index (χ2v) is 4.74. The molecule has 112 valence electrons. The minimum absolute atomic E-state index is 0.217. The summed E-state index contributed by atoms with van der Waals surface area (Å²) < 4.78 is 15.8. The molecule has 0 saturated carbocycles. The maximum atomic E-state index is 11.5. The van der Waals surface area contributed by atoms with Crippen molar-refractivity contribution in [1.29, 1.82) is 0 Å². The van der Waals surface area contributed by atoms with Crippen LogP contribution in [0.3, 0.4) is 0 Å². The molecule has 0 radical (unpaired) electrons. The SMILES string of the molecule is CCOC(=O)/C=C/c1cc2c(cc1-c1ccccc1)OCO2. The average molecular weight is 296 g/mol. The van der Waals surface area contributed by atoms with Gasteiger partial charge in [0, 0.05) is 6.08 Å². The van der Waals surface area contributed by atoms with Crippen molar-refractivity contribution in [2.24, 2.45) is 0 Å². The molecular weight excluding hydrogens is 280 g/mol. The number of hydrogen-bond donors (Lipinski definition) is 0. The van der Waals surface area contributed by atoms with Gasteiger partial charge in [0.1, 0.15) is 0 Å². The first-order valence-electron chi connectivity index (χ1n) is 7.12. The lowest BCUT2D eigenvalue weighted by Gasteiger charge is -2.08. The number of rotatable bonds is 4. The van der Waals surface area contributed by atoms with Crippen molar-refractivity contribution in [2.75, 3.05) is 13.4 Å². The Labute approximate surface area is 128 Å². The molecule has 1 aliphatic rings. The number of esters is 1.